The van der Waals surface area contributed by atoms with Crippen LogP contribution in [0.1, 0.15) is 36.7 Å². The molecule has 116 valence electrons. The summed E-state index contributed by atoms with van der Waals surface area (Å²) in [4.78, 5) is 18.5. The van der Waals surface area contributed by atoms with E-state index in [1.165, 1.54) is 0 Å². The van der Waals surface area contributed by atoms with E-state index < -0.39 is 0 Å². The zero-order valence-electron chi connectivity index (χ0n) is 13.0. The number of rotatable bonds is 6. The van der Waals surface area contributed by atoms with Crippen LogP contribution < -0.4 is 5.32 Å². The minimum absolute atomic E-state index is 0.0489. The normalized spacial score (nSPS) is 16.0. The summed E-state index contributed by atoms with van der Waals surface area (Å²) in [6.07, 6.45) is 4.85. The number of carbonyl (C=O) groups is 1. The van der Waals surface area contributed by atoms with E-state index in [-0.39, 0.29) is 5.91 Å². The summed E-state index contributed by atoms with van der Waals surface area (Å²) in [5.41, 5.74) is 1.47. The summed E-state index contributed by atoms with van der Waals surface area (Å²) in [5, 5.41) is 3.26. The van der Waals surface area contributed by atoms with Gasteiger partial charge in [0.1, 0.15) is 5.69 Å². The number of piperidine rings is 1. The summed E-state index contributed by atoms with van der Waals surface area (Å²) >= 11 is 0. The van der Waals surface area contributed by atoms with Crippen LogP contribution in [0.5, 0.6) is 0 Å². The first kappa shape index (κ1) is 15.8. The van der Waals surface area contributed by atoms with Crippen molar-refractivity contribution in [2.75, 3.05) is 38.7 Å². The van der Waals surface area contributed by atoms with Crippen molar-refractivity contribution in [2.24, 2.45) is 5.92 Å². The van der Waals surface area contributed by atoms with E-state index in [0.29, 0.717) is 5.69 Å². The molecule has 1 amide bonds. The monoisotopic (exact) mass is 291 g/mol. The number of pyridine rings is 1. The first-order valence-corrected chi connectivity index (χ1v) is 7.69. The molecule has 1 aliphatic rings. The highest BCUT2D eigenvalue weighted by Crippen LogP contribution is 2.18. The van der Waals surface area contributed by atoms with Crippen molar-refractivity contribution in [3.05, 3.63) is 24.0 Å². The zero-order valence-corrected chi connectivity index (χ0v) is 13.0. The molecular weight excluding hydrogens is 266 g/mol. The Balaban J connectivity index is 1.85. The van der Waals surface area contributed by atoms with Gasteiger partial charge in [0, 0.05) is 33.4 Å². The predicted molar refractivity (Wildman–Crippen MR) is 83.5 cm³/mol. The maximum atomic E-state index is 12.3. The van der Waals surface area contributed by atoms with Crippen LogP contribution in [0.4, 0.5) is 5.69 Å². The van der Waals surface area contributed by atoms with Crippen LogP contribution in [0.2, 0.25) is 0 Å². The highest BCUT2D eigenvalue weighted by atomic mass is 16.5. The van der Waals surface area contributed by atoms with Crippen LogP contribution >= 0.6 is 0 Å². The van der Waals surface area contributed by atoms with Crippen LogP contribution in [-0.2, 0) is 4.74 Å². The molecule has 21 heavy (non-hydrogen) atoms. The maximum Gasteiger partial charge on any atom is 0.272 e. The Hall–Kier alpha value is -1.62. The highest BCUT2D eigenvalue weighted by molar-refractivity contribution is 5.92. The summed E-state index contributed by atoms with van der Waals surface area (Å²) < 4.78 is 5.00. The van der Waals surface area contributed by atoms with E-state index in [1.807, 2.05) is 11.0 Å². The average molecular weight is 291 g/mol. The Bertz CT molecular complexity index is 439. The lowest BCUT2D eigenvalue weighted by Gasteiger charge is -2.30. The van der Waals surface area contributed by atoms with Crippen LogP contribution in [0.3, 0.4) is 0 Å². The molecule has 0 aromatic carbocycles. The standard InChI is InChI=1S/C16H25N3O2/c1-13-6-9-19(10-7-13)16(20)15-5-4-14(12-18-15)17-8-3-11-21-2/h4-5,12-13,17H,3,6-11H2,1-2H3. The SMILES string of the molecule is COCCCNc1ccc(C(=O)N2CCC(C)CC2)nc1. The van der Waals surface area contributed by atoms with Gasteiger partial charge < -0.3 is 15.0 Å². The van der Waals surface area contributed by atoms with E-state index in [4.69, 9.17) is 4.74 Å². The second-order valence-corrected chi connectivity index (χ2v) is 5.68. The van der Waals surface area contributed by atoms with Crippen molar-refractivity contribution >= 4 is 11.6 Å². The van der Waals surface area contributed by atoms with Gasteiger partial charge in [0.05, 0.1) is 11.9 Å². The van der Waals surface area contributed by atoms with E-state index in [1.54, 1.807) is 19.4 Å². The number of nitrogens with one attached hydrogen (secondary N) is 1. The number of carbonyl (C=O) groups excluding carboxylic acids is 1. The molecule has 0 spiro atoms. The van der Waals surface area contributed by atoms with Crippen LogP contribution in [0.15, 0.2) is 18.3 Å². The third kappa shape index (κ3) is 4.70. The number of aromatic nitrogens is 1. The number of ether oxygens (including phenoxy) is 1. The summed E-state index contributed by atoms with van der Waals surface area (Å²) in [5.74, 6) is 0.772. The van der Waals surface area contributed by atoms with Crippen molar-refractivity contribution in [1.29, 1.82) is 0 Å². The number of hydrogen-bond donors (Lipinski definition) is 1. The topological polar surface area (TPSA) is 54.5 Å². The predicted octanol–water partition coefficient (Wildman–Crippen LogP) is 2.40. The van der Waals surface area contributed by atoms with Gasteiger partial charge >= 0.3 is 0 Å². The van der Waals surface area contributed by atoms with Gasteiger partial charge in [-0.05, 0) is 37.3 Å². The van der Waals surface area contributed by atoms with E-state index in [2.05, 4.69) is 17.2 Å². The molecule has 5 nitrogen and oxygen atoms in total. The number of anilines is 1. The van der Waals surface area contributed by atoms with Gasteiger partial charge in [0.15, 0.2) is 0 Å². The second kappa shape index (κ2) is 7.98. The maximum absolute atomic E-state index is 12.3. The van der Waals surface area contributed by atoms with Crippen LogP contribution in [-0.4, -0.2) is 49.1 Å². The zero-order chi connectivity index (χ0) is 15.1. The van der Waals surface area contributed by atoms with Gasteiger partial charge in [0.25, 0.3) is 5.91 Å². The quantitative estimate of drug-likeness (QED) is 0.818. The Morgan fingerprint density at radius 1 is 1.43 bits per heavy atom. The molecule has 0 atom stereocenters. The van der Waals surface area contributed by atoms with Gasteiger partial charge in [0.2, 0.25) is 0 Å². The largest absolute Gasteiger partial charge is 0.385 e. The van der Waals surface area contributed by atoms with Crippen molar-refractivity contribution in [1.82, 2.24) is 9.88 Å². The van der Waals surface area contributed by atoms with Gasteiger partial charge in [-0.25, -0.2) is 4.98 Å². The smallest absolute Gasteiger partial charge is 0.272 e. The molecule has 1 aromatic rings. The Morgan fingerprint density at radius 3 is 2.81 bits per heavy atom. The minimum Gasteiger partial charge on any atom is -0.385 e. The summed E-state index contributed by atoms with van der Waals surface area (Å²) in [6.45, 7) is 5.51. The molecule has 1 N–H and O–H groups in total. The van der Waals surface area contributed by atoms with Crippen molar-refractivity contribution in [2.45, 2.75) is 26.2 Å². The lowest BCUT2D eigenvalue weighted by atomic mass is 9.99. The van der Waals surface area contributed by atoms with Crippen LogP contribution in [0.25, 0.3) is 0 Å². The second-order valence-electron chi connectivity index (χ2n) is 5.68. The number of amides is 1. The van der Waals surface area contributed by atoms with Crippen molar-refractivity contribution < 1.29 is 9.53 Å². The number of hydrogen-bond acceptors (Lipinski definition) is 4. The number of methoxy groups -OCH3 is 1. The Labute approximate surface area is 126 Å². The molecule has 0 saturated carbocycles. The Morgan fingerprint density at radius 2 is 2.19 bits per heavy atom. The minimum atomic E-state index is 0.0489. The van der Waals surface area contributed by atoms with Crippen LogP contribution in [0, 0.1) is 5.92 Å². The molecule has 2 heterocycles. The molecule has 1 fully saturated rings. The van der Waals surface area contributed by atoms with Crippen molar-refractivity contribution in [3.63, 3.8) is 0 Å². The van der Waals surface area contributed by atoms with E-state index >= 15 is 0 Å². The molecule has 0 bridgehead atoms. The van der Waals surface area contributed by atoms with Crippen molar-refractivity contribution in [3.8, 4) is 0 Å². The molecule has 5 heteroatoms. The third-order valence-corrected chi connectivity index (χ3v) is 3.91. The fraction of sp³-hybridized carbons (Fsp3) is 0.625. The third-order valence-electron chi connectivity index (χ3n) is 3.91. The van der Waals surface area contributed by atoms with E-state index in [0.717, 1.165) is 57.1 Å². The Kier molecular flexibility index (Phi) is 5.99. The number of likely N-dealkylation sites (tertiary alicyclic amines) is 1. The van der Waals surface area contributed by atoms with Gasteiger partial charge in [-0.1, -0.05) is 6.92 Å². The lowest BCUT2D eigenvalue weighted by Crippen LogP contribution is -2.38. The lowest BCUT2D eigenvalue weighted by molar-refractivity contribution is 0.0691. The summed E-state index contributed by atoms with van der Waals surface area (Å²) in [7, 11) is 1.70. The summed E-state index contributed by atoms with van der Waals surface area (Å²) in [6, 6.07) is 3.72. The van der Waals surface area contributed by atoms with Gasteiger partial charge in [-0.15, -0.1) is 0 Å². The fourth-order valence-electron chi connectivity index (χ4n) is 2.45. The molecule has 0 aliphatic carbocycles. The molecular formula is C16H25N3O2. The first-order chi connectivity index (χ1) is 10.2. The van der Waals surface area contributed by atoms with E-state index in [9.17, 15) is 4.79 Å². The fourth-order valence-corrected chi connectivity index (χ4v) is 2.45. The molecule has 1 saturated heterocycles. The number of nitrogens with zero attached hydrogens (tertiary/aromatic N) is 2. The molecule has 2 rings (SSSR count). The first-order valence-electron chi connectivity index (χ1n) is 7.69. The van der Waals surface area contributed by atoms with Gasteiger partial charge in [-0.3, -0.25) is 4.79 Å². The van der Waals surface area contributed by atoms with Gasteiger partial charge in [-0.2, -0.15) is 0 Å². The average Bonchev–Trinajstić information content (AvgIpc) is 2.52. The molecule has 0 unspecified atom stereocenters. The highest BCUT2D eigenvalue weighted by Gasteiger charge is 2.21. The molecule has 0 radical (unpaired) electrons. The molecule has 1 aliphatic heterocycles. The molecule has 1 aromatic heterocycles.